The summed E-state index contributed by atoms with van der Waals surface area (Å²) in [6.07, 6.45) is -0.402. The number of benzene rings is 2. The second-order valence-corrected chi connectivity index (χ2v) is 14.0. The van der Waals surface area contributed by atoms with Gasteiger partial charge in [-0.1, -0.05) is 32.6 Å². The first-order valence-electron chi connectivity index (χ1n) is 17.1. The Morgan fingerprint density at radius 3 is 1.56 bits per heavy atom. The zero-order chi connectivity index (χ0) is 34.9. The van der Waals surface area contributed by atoms with E-state index in [4.69, 9.17) is 4.74 Å². The van der Waals surface area contributed by atoms with Gasteiger partial charge in [-0.2, -0.15) is 17.6 Å². The van der Waals surface area contributed by atoms with Gasteiger partial charge < -0.3 is 4.74 Å². The lowest BCUT2D eigenvalue weighted by atomic mass is 9.65. The van der Waals surface area contributed by atoms with Crippen LogP contribution < -0.4 is 4.74 Å². The fourth-order valence-corrected chi connectivity index (χ4v) is 8.61. The molecule has 0 unspecified atom stereocenters. The topological polar surface area (TPSA) is 18.5 Å². The molecule has 0 spiro atoms. The monoisotopic (exact) mass is 696 g/mol. The molecule has 3 saturated carbocycles. The van der Waals surface area contributed by atoms with E-state index in [1.54, 1.807) is 0 Å². The van der Waals surface area contributed by atoms with Gasteiger partial charge in [0.15, 0.2) is 0 Å². The number of hydrogen-bond donors (Lipinski definition) is 0. The van der Waals surface area contributed by atoms with Gasteiger partial charge in [-0.3, -0.25) is 0 Å². The highest BCUT2D eigenvalue weighted by atomic mass is 19.4. The van der Waals surface area contributed by atoms with Gasteiger partial charge in [0.1, 0.15) is 28.8 Å². The summed E-state index contributed by atoms with van der Waals surface area (Å²) in [4.78, 5) is 0. The SMILES string of the molecule is CCCC1CCC(C2CCC(C3CCC(C(F)(F)Oc4ccc(-c5cc(F)c(C(F)(F)OC(F)(F)F)c(F)c5)c(F)c4)CC3)CC2)CC1. The van der Waals surface area contributed by atoms with Crippen molar-refractivity contribution in [3.05, 3.63) is 53.3 Å². The summed E-state index contributed by atoms with van der Waals surface area (Å²) in [6, 6.07) is 2.78. The van der Waals surface area contributed by atoms with Gasteiger partial charge in [0.2, 0.25) is 0 Å². The second kappa shape index (κ2) is 14.8. The predicted octanol–water partition coefficient (Wildman–Crippen LogP) is 12.5. The van der Waals surface area contributed by atoms with Crippen LogP contribution in [0.15, 0.2) is 30.3 Å². The fourth-order valence-electron chi connectivity index (χ4n) is 8.61. The molecule has 2 aromatic carbocycles. The Kier molecular flexibility index (Phi) is 11.3. The molecule has 0 aromatic heterocycles. The first-order valence-corrected chi connectivity index (χ1v) is 17.1. The quantitative estimate of drug-likeness (QED) is 0.230. The number of halogens is 10. The molecular weight excluding hydrogens is 654 g/mol. The highest BCUT2D eigenvalue weighted by molar-refractivity contribution is 5.66. The number of alkyl halides is 7. The molecule has 3 aliphatic rings. The normalized spacial score (nSPS) is 27.6. The van der Waals surface area contributed by atoms with E-state index >= 15 is 8.78 Å². The van der Waals surface area contributed by atoms with Crippen LogP contribution in [0.2, 0.25) is 0 Å². The van der Waals surface area contributed by atoms with E-state index in [0.29, 0.717) is 30.7 Å². The van der Waals surface area contributed by atoms with Crippen molar-refractivity contribution in [2.45, 2.75) is 115 Å². The summed E-state index contributed by atoms with van der Waals surface area (Å²) >= 11 is 0. The van der Waals surface area contributed by atoms with Gasteiger partial charge in [0.25, 0.3) is 0 Å². The Labute approximate surface area is 274 Å². The minimum atomic E-state index is -5.91. The molecule has 5 rings (SSSR count). The van der Waals surface area contributed by atoms with Crippen molar-refractivity contribution in [3.8, 4) is 16.9 Å². The van der Waals surface area contributed by atoms with Crippen LogP contribution in [-0.2, 0) is 10.8 Å². The maximum Gasteiger partial charge on any atom is 0.527 e. The largest absolute Gasteiger partial charge is 0.527 e. The molecule has 3 aliphatic carbocycles. The van der Waals surface area contributed by atoms with Crippen molar-refractivity contribution in [2.75, 3.05) is 0 Å². The van der Waals surface area contributed by atoms with Gasteiger partial charge in [-0.15, -0.1) is 13.2 Å². The lowest BCUT2D eigenvalue weighted by Gasteiger charge is -2.42. The van der Waals surface area contributed by atoms with E-state index in [1.165, 1.54) is 51.4 Å². The third-order valence-electron chi connectivity index (χ3n) is 11.1. The van der Waals surface area contributed by atoms with Crippen LogP contribution in [0, 0.1) is 53.0 Å². The average molecular weight is 697 g/mol. The first-order chi connectivity index (χ1) is 22.6. The minimum Gasteiger partial charge on any atom is -0.432 e. The molecule has 3 fully saturated rings. The third-order valence-corrected chi connectivity index (χ3v) is 11.1. The molecule has 0 radical (unpaired) electrons. The van der Waals surface area contributed by atoms with Crippen molar-refractivity contribution < 1.29 is 53.4 Å². The number of hydrogen-bond acceptors (Lipinski definition) is 2. The van der Waals surface area contributed by atoms with Gasteiger partial charge in [0.05, 0.1) is 5.92 Å². The summed E-state index contributed by atoms with van der Waals surface area (Å²) in [7, 11) is 0. The Hall–Kier alpha value is -2.50. The number of rotatable bonds is 10. The van der Waals surface area contributed by atoms with Crippen LogP contribution in [0.4, 0.5) is 43.9 Å². The Balaban J connectivity index is 1.14. The zero-order valence-electron chi connectivity index (χ0n) is 26.8. The molecule has 0 bridgehead atoms. The Morgan fingerprint density at radius 1 is 0.625 bits per heavy atom. The summed E-state index contributed by atoms with van der Waals surface area (Å²) in [5.74, 6) is -3.71. The summed E-state index contributed by atoms with van der Waals surface area (Å²) in [5, 5.41) is 0. The van der Waals surface area contributed by atoms with E-state index in [1.807, 2.05) is 0 Å². The van der Waals surface area contributed by atoms with Crippen molar-refractivity contribution in [1.82, 2.24) is 0 Å². The van der Waals surface area contributed by atoms with Crippen LogP contribution in [-0.4, -0.2) is 12.5 Å². The average Bonchev–Trinajstić information content (AvgIpc) is 3.00. The summed E-state index contributed by atoms with van der Waals surface area (Å²) in [5.41, 5.74) is -3.54. The van der Waals surface area contributed by atoms with Gasteiger partial charge in [-0.05, 0) is 124 Å². The fraction of sp³-hybridized carbons (Fsp3) is 0.667. The molecule has 0 saturated heterocycles. The molecule has 0 N–H and O–H groups in total. The van der Waals surface area contributed by atoms with E-state index in [9.17, 15) is 35.1 Å². The van der Waals surface area contributed by atoms with Crippen LogP contribution in [0.25, 0.3) is 11.1 Å². The molecule has 268 valence electrons. The Bertz CT molecular complexity index is 1350. The number of ether oxygens (including phenoxy) is 2. The smallest absolute Gasteiger partial charge is 0.432 e. The molecule has 2 nitrogen and oxygen atoms in total. The molecule has 0 aliphatic heterocycles. The van der Waals surface area contributed by atoms with E-state index in [0.717, 1.165) is 42.7 Å². The van der Waals surface area contributed by atoms with Crippen LogP contribution >= 0.6 is 0 Å². The van der Waals surface area contributed by atoms with Gasteiger partial charge in [-0.25, -0.2) is 17.9 Å². The van der Waals surface area contributed by atoms with Crippen LogP contribution in [0.5, 0.6) is 5.75 Å². The summed E-state index contributed by atoms with van der Waals surface area (Å²) in [6.45, 7) is 2.25. The maximum absolute atomic E-state index is 15.2. The molecule has 48 heavy (non-hydrogen) atoms. The van der Waals surface area contributed by atoms with E-state index in [2.05, 4.69) is 11.7 Å². The molecule has 12 heteroatoms. The minimum absolute atomic E-state index is 0.198. The summed E-state index contributed by atoms with van der Waals surface area (Å²) < 4.78 is 146. The first kappa shape index (κ1) is 36.8. The van der Waals surface area contributed by atoms with Crippen LogP contribution in [0.1, 0.15) is 102 Å². The van der Waals surface area contributed by atoms with E-state index in [-0.39, 0.29) is 25.0 Å². The highest BCUT2D eigenvalue weighted by Gasteiger charge is 2.50. The second-order valence-electron chi connectivity index (χ2n) is 14.0. The maximum atomic E-state index is 15.2. The predicted molar refractivity (Wildman–Crippen MR) is 160 cm³/mol. The van der Waals surface area contributed by atoms with Crippen molar-refractivity contribution in [3.63, 3.8) is 0 Å². The highest BCUT2D eigenvalue weighted by Crippen LogP contribution is 2.48. The third kappa shape index (κ3) is 8.80. The Morgan fingerprint density at radius 2 is 1.10 bits per heavy atom. The van der Waals surface area contributed by atoms with Crippen molar-refractivity contribution in [2.24, 2.45) is 35.5 Å². The van der Waals surface area contributed by atoms with E-state index < -0.39 is 64.4 Å². The molecular formula is C36H42F10O2. The van der Waals surface area contributed by atoms with Gasteiger partial charge >= 0.3 is 18.6 Å². The van der Waals surface area contributed by atoms with Gasteiger partial charge in [0, 0.05) is 11.6 Å². The lowest BCUT2D eigenvalue weighted by molar-refractivity contribution is -0.432. The molecule has 0 heterocycles. The van der Waals surface area contributed by atoms with Crippen molar-refractivity contribution >= 4 is 0 Å². The zero-order valence-corrected chi connectivity index (χ0v) is 26.8. The lowest BCUT2D eigenvalue weighted by Crippen LogP contribution is -2.38. The molecule has 0 amide bonds. The van der Waals surface area contributed by atoms with Crippen molar-refractivity contribution in [1.29, 1.82) is 0 Å². The van der Waals surface area contributed by atoms with Crippen LogP contribution in [0.3, 0.4) is 0 Å². The standard InChI is InChI=1S/C36H42F10O2/c1-2-3-21-4-6-22(7-5-21)23-8-10-24(11-9-23)25-12-14-27(15-13-25)34(40,41)47-28-16-17-29(30(37)20-28)26-18-31(38)33(32(39)19-26)35(42,43)48-36(44,45)46/h16-25,27H,2-15H2,1H3. The molecule has 0 atom stereocenters. The molecule has 2 aromatic rings.